The molecule has 0 aliphatic carbocycles. The SMILES string of the molecule is Cc1cc(OCc2ccc(C(=O)Nc3c(C)nn(Cc4ccccc4F)c3C)o2)ccc1Cl. The van der Waals surface area contributed by atoms with Gasteiger partial charge in [0.15, 0.2) is 5.76 Å². The number of halogens is 2. The maximum Gasteiger partial charge on any atom is 0.291 e. The van der Waals surface area contributed by atoms with Crippen LogP contribution in [0.5, 0.6) is 5.75 Å². The number of hydrogen-bond donors (Lipinski definition) is 1. The summed E-state index contributed by atoms with van der Waals surface area (Å²) >= 11 is 6.03. The van der Waals surface area contributed by atoms with Crippen LogP contribution in [-0.4, -0.2) is 15.7 Å². The van der Waals surface area contributed by atoms with Gasteiger partial charge in [0.05, 0.1) is 23.6 Å². The second-order valence-electron chi connectivity index (χ2n) is 7.71. The largest absolute Gasteiger partial charge is 0.486 e. The van der Waals surface area contributed by atoms with E-state index in [1.807, 2.05) is 19.9 Å². The number of nitrogens with zero attached hydrogens (tertiary/aromatic N) is 2. The number of rotatable bonds is 7. The van der Waals surface area contributed by atoms with Gasteiger partial charge in [0.25, 0.3) is 5.91 Å². The van der Waals surface area contributed by atoms with E-state index >= 15 is 0 Å². The fraction of sp³-hybridized carbons (Fsp3) is 0.200. The molecule has 0 aliphatic rings. The highest BCUT2D eigenvalue weighted by Crippen LogP contribution is 2.24. The molecule has 33 heavy (non-hydrogen) atoms. The molecule has 8 heteroatoms. The first-order chi connectivity index (χ1) is 15.8. The monoisotopic (exact) mass is 467 g/mol. The maximum atomic E-state index is 14.0. The first kappa shape index (κ1) is 22.6. The number of amides is 1. The van der Waals surface area contributed by atoms with Gasteiger partial charge >= 0.3 is 0 Å². The first-order valence-corrected chi connectivity index (χ1v) is 10.8. The first-order valence-electron chi connectivity index (χ1n) is 10.4. The number of carbonyl (C=O) groups excluding carboxylic acids is 1. The number of furan rings is 1. The van der Waals surface area contributed by atoms with Crippen LogP contribution in [-0.2, 0) is 13.2 Å². The van der Waals surface area contributed by atoms with E-state index in [0.29, 0.717) is 33.5 Å². The molecular formula is C25H23ClFN3O3. The maximum absolute atomic E-state index is 14.0. The number of aryl methyl sites for hydroxylation is 2. The summed E-state index contributed by atoms with van der Waals surface area (Å²) in [4.78, 5) is 12.8. The van der Waals surface area contributed by atoms with Crippen LogP contribution in [0.1, 0.15) is 38.8 Å². The number of nitrogens with one attached hydrogen (secondary N) is 1. The number of anilines is 1. The quantitative estimate of drug-likeness (QED) is 0.358. The van der Waals surface area contributed by atoms with Gasteiger partial charge in [-0.25, -0.2) is 4.39 Å². The molecule has 170 valence electrons. The molecule has 0 saturated carbocycles. The molecule has 0 saturated heterocycles. The Morgan fingerprint density at radius 3 is 2.70 bits per heavy atom. The highest BCUT2D eigenvalue weighted by Gasteiger charge is 2.18. The molecule has 1 amide bonds. The normalized spacial score (nSPS) is 10.9. The molecule has 2 aromatic heterocycles. The Morgan fingerprint density at radius 2 is 1.94 bits per heavy atom. The van der Waals surface area contributed by atoms with Crippen molar-refractivity contribution in [3.63, 3.8) is 0 Å². The average Bonchev–Trinajstić information content (AvgIpc) is 3.37. The number of hydrogen-bond acceptors (Lipinski definition) is 4. The Labute approximate surface area is 195 Å². The van der Waals surface area contributed by atoms with Crippen LogP contribution in [0.15, 0.2) is 59.0 Å². The molecular weight excluding hydrogens is 445 g/mol. The molecule has 0 fully saturated rings. The van der Waals surface area contributed by atoms with Crippen LogP contribution in [0.2, 0.25) is 5.02 Å². The van der Waals surface area contributed by atoms with E-state index in [2.05, 4.69) is 10.4 Å². The molecule has 4 rings (SSSR count). The summed E-state index contributed by atoms with van der Waals surface area (Å²) in [6.07, 6.45) is 0. The van der Waals surface area contributed by atoms with E-state index < -0.39 is 5.91 Å². The van der Waals surface area contributed by atoms with Crippen LogP contribution < -0.4 is 10.1 Å². The van der Waals surface area contributed by atoms with Gasteiger partial charge in [-0.1, -0.05) is 29.8 Å². The van der Waals surface area contributed by atoms with Crippen molar-refractivity contribution in [2.45, 2.75) is 33.9 Å². The summed E-state index contributed by atoms with van der Waals surface area (Å²) in [5.74, 6) is 0.626. The van der Waals surface area contributed by atoms with Gasteiger partial charge in [0, 0.05) is 10.6 Å². The minimum atomic E-state index is -0.403. The van der Waals surface area contributed by atoms with E-state index in [1.165, 1.54) is 6.07 Å². The van der Waals surface area contributed by atoms with Gasteiger partial charge in [0.1, 0.15) is 23.9 Å². The lowest BCUT2D eigenvalue weighted by atomic mass is 10.2. The highest BCUT2D eigenvalue weighted by atomic mass is 35.5. The Kier molecular flexibility index (Phi) is 6.51. The molecule has 0 radical (unpaired) electrons. The van der Waals surface area contributed by atoms with Gasteiger partial charge in [-0.3, -0.25) is 9.48 Å². The third-order valence-corrected chi connectivity index (χ3v) is 5.72. The number of benzene rings is 2. The summed E-state index contributed by atoms with van der Waals surface area (Å²) in [5.41, 5.74) is 3.35. The molecule has 1 N–H and O–H groups in total. The Bertz CT molecular complexity index is 1310. The molecule has 6 nitrogen and oxygen atoms in total. The van der Waals surface area contributed by atoms with Gasteiger partial charge in [-0.2, -0.15) is 5.10 Å². The van der Waals surface area contributed by atoms with Crippen molar-refractivity contribution in [2.75, 3.05) is 5.32 Å². The second kappa shape index (κ2) is 9.50. The topological polar surface area (TPSA) is 69.3 Å². The molecule has 0 unspecified atom stereocenters. The van der Waals surface area contributed by atoms with Gasteiger partial charge in [-0.15, -0.1) is 0 Å². The van der Waals surface area contributed by atoms with Crippen molar-refractivity contribution >= 4 is 23.2 Å². The van der Waals surface area contributed by atoms with E-state index in [4.69, 9.17) is 20.8 Å². The standard InChI is InChI=1S/C25H23ClFN3O3/c1-15-12-19(8-10-21(15)26)32-14-20-9-11-23(33-20)25(31)28-24-16(2)29-30(17(24)3)13-18-6-4-5-7-22(18)27/h4-12H,13-14H2,1-3H3,(H,28,31). The molecule has 2 aromatic carbocycles. The number of carbonyl (C=O) groups is 1. The van der Waals surface area contributed by atoms with Gasteiger partial charge < -0.3 is 14.5 Å². The second-order valence-corrected chi connectivity index (χ2v) is 8.12. The predicted octanol–water partition coefficient (Wildman–Crippen LogP) is 6.07. The highest BCUT2D eigenvalue weighted by molar-refractivity contribution is 6.31. The summed E-state index contributed by atoms with van der Waals surface area (Å²) in [7, 11) is 0. The molecule has 4 aromatic rings. The van der Waals surface area contributed by atoms with E-state index in [1.54, 1.807) is 54.1 Å². The minimum absolute atomic E-state index is 0.154. The fourth-order valence-corrected chi connectivity index (χ4v) is 3.55. The lowest BCUT2D eigenvalue weighted by Crippen LogP contribution is -2.12. The lowest BCUT2D eigenvalue weighted by molar-refractivity contribution is 0.0992. The van der Waals surface area contributed by atoms with E-state index in [0.717, 1.165) is 11.3 Å². The third kappa shape index (κ3) is 5.09. The summed E-state index contributed by atoms with van der Waals surface area (Å²) in [5, 5.41) is 7.97. The molecule has 0 bridgehead atoms. The van der Waals surface area contributed by atoms with Crippen LogP contribution in [0.3, 0.4) is 0 Å². The zero-order chi connectivity index (χ0) is 23.5. The summed E-state index contributed by atoms with van der Waals surface area (Å²) in [6, 6.07) is 15.2. The van der Waals surface area contributed by atoms with Crippen molar-refractivity contribution in [1.82, 2.24) is 9.78 Å². The van der Waals surface area contributed by atoms with Crippen molar-refractivity contribution in [3.8, 4) is 5.75 Å². The van der Waals surface area contributed by atoms with Crippen LogP contribution in [0, 0.1) is 26.6 Å². The lowest BCUT2D eigenvalue weighted by Gasteiger charge is -2.07. The smallest absolute Gasteiger partial charge is 0.291 e. The van der Waals surface area contributed by atoms with Gasteiger partial charge in [0.2, 0.25) is 0 Å². The van der Waals surface area contributed by atoms with Crippen LogP contribution in [0.4, 0.5) is 10.1 Å². The molecule has 0 aliphatic heterocycles. The van der Waals surface area contributed by atoms with Crippen molar-refractivity contribution in [2.24, 2.45) is 0 Å². The zero-order valence-corrected chi connectivity index (χ0v) is 19.2. The molecule has 0 spiro atoms. The van der Waals surface area contributed by atoms with Crippen molar-refractivity contribution in [1.29, 1.82) is 0 Å². The molecule has 2 heterocycles. The minimum Gasteiger partial charge on any atom is -0.486 e. The number of aromatic nitrogens is 2. The molecule has 0 atom stereocenters. The van der Waals surface area contributed by atoms with Crippen LogP contribution in [0.25, 0.3) is 0 Å². The Hall–Kier alpha value is -3.58. The van der Waals surface area contributed by atoms with Crippen molar-refractivity contribution in [3.05, 3.63) is 99.5 Å². The number of ether oxygens (including phenoxy) is 1. The van der Waals surface area contributed by atoms with Crippen molar-refractivity contribution < 1.29 is 18.3 Å². The predicted molar refractivity (Wildman–Crippen MR) is 124 cm³/mol. The van der Waals surface area contributed by atoms with E-state index in [9.17, 15) is 9.18 Å². The third-order valence-electron chi connectivity index (χ3n) is 5.29. The fourth-order valence-electron chi connectivity index (χ4n) is 3.43. The Morgan fingerprint density at radius 1 is 1.15 bits per heavy atom. The zero-order valence-electron chi connectivity index (χ0n) is 18.5. The summed E-state index contributed by atoms with van der Waals surface area (Å²) < 4.78 is 27.1. The average molecular weight is 468 g/mol. The van der Waals surface area contributed by atoms with E-state index in [-0.39, 0.29) is 24.7 Å². The van der Waals surface area contributed by atoms with Gasteiger partial charge in [-0.05, 0) is 62.7 Å². The van der Waals surface area contributed by atoms with Crippen LogP contribution >= 0.6 is 11.6 Å². The summed E-state index contributed by atoms with van der Waals surface area (Å²) in [6.45, 7) is 5.95. The Balaban J connectivity index is 1.42.